The van der Waals surface area contributed by atoms with Crippen LogP contribution in [0.2, 0.25) is 0 Å². The number of aliphatic hydroxyl groups excluding tert-OH is 2. The van der Waals surface area contributed by atoms with Crippen LogP contribution in [0.25, 0.3) is 0 Å². The van der Waals surface area contributed by atoms with Crippen LogP contribution in [0.1, 0.15) is 78.6 Å². The van der Waals surface area contributed by atoms with Crippen LogP contribution in [0.4, 0.5) is 0 Å². The second kappa shape index (κ2) is 8.65. The minimum absolute atomic E-state index is 0. The molecule has 7 atom stereocenters. The Bertz CT molecular complexity index is 819. The van der Waals surface area contributed by atoms with E-state index in [1.165, 1.54) is 0 Å². The maximum Gasteiger partial charge on any atom is 0.306 e. The molecule has 32 heavy (non-hydrogen) atoms. The first kappa shape index (κ1) is 25.1. The van der Waals surface area contributed by atoms with E-state index in [9.17, 15) is 24.6 Å². The van der Waals surface area contributed by atoms with Gasteiger partial charge in [-0.3, -0.25) is 14.4 Å². The van der Waals surface area contributed by atoms with Crippen LogP contribution in [-0.4, -0.2) is 51.5 Å². The summed E-state index contributed by atoms with van der Waals surface area (Å²) in [6.07, 6.45) is 6.48. The second-order valence-corrected chi connectivity index (χ2v) is 10.7. The Labute approximate surface area is 189 Å². The molecule has 4 aliphatic rings. The van der Waals surface area contributed by atoms with Gasteiger partial charge in [0.05, 0.1) is 6.10 Å². The van der Waals surface area contributed by atoms with Crippen LogP contribution in [-0.2, 0) is 19.1 Å². The van der Waals surface area contributed by atoms with Gasteiger partial charge in [0.1, 0.15) is 6.61 Å². The number of rotatable bonds is 5. The average molecular weight is 451 g/mol. The number of carbonyl (C=O) groups is 3. The van der Waals surface area contributed by atoms with Crippen LogP contribution in [0.5, 0.6) is 0 Å². The normalized spacial score (nSPS) is 42.7. The second-order valence-electron chi connectivity index (χ2n) is 10.7. The Morgan fingerprint density at radius 3 is 2.56 bits per heavy atom. The first-order valence-electron chi connectivity index (χ1n) is 11.9. The molecule has 4 rings (SSSR count). The topological polar surface area (TPSA) is 132 Å². The SMILES string of the molecule is CCCC(=O)O[C@]1(C(=O)CO)CC[C@H]2[C@@H]3CCC4=CC(=O)CC[C@]4(C)[C@H]3[C@@H](O)C[C@@]21C.O. The van der Waals surface area contributed by atoms with E-state index >= 15 is 0 Å². The van der Waals surface area contributed by atoms with Gasteiger partial charge in [-0.25, -0.2) is 0 Å². The summed E-state index contributed by atoms with van der Waals surface area (Å²) in [5, 5.41) is 21.3. The molecule has 3 saturated carbocycles. The minimum atomic E-state index is -1.37. The van der Waals surface area contributed by atoms with Crippen molar-refractivity contribution in [3.63, 3.8) is 0 Å². The average Bonchev–Trinajstić information content (AvgIpc) is 3.00. The highest BCUT2D eigenvalue weighted by Crippen LogP contribution is 2.68. The number of esters is 1. The van der Waals surface area contributed by atoms with Gasteiger partial charge in [0.15, 0.2) is 11.4 Å². The predicted octanol–water partition coefficient (Wildman–Crippen LogP) is 2.31. The number of fused-ring (bicyclic) bond motifs is 5. The summed E-state index contributed by atoms with van der Waals surface area (Å²) in [4.78, 5) is 37.6. The molecule has 0 spiro atoms. The van der Waals surface area contributed by atoms with Gasteiger partial charge in [-0.15, -0.1) is 0 Å². The van der Waals surface area contributed by atoms with Crippen molar-refractivity contribution >= 4 is 17.5 Å². The molecular formula is C25H38O7. The molecule has 0 bridgehead atoms. The van der Waals surface area contributed by atoms with E-state index < -0.39 is 35.5 Å². The molecule has 7 heteroatoms. The molecule has 0 aromatic rings. The number of hydrogen-bond acceptors (Lipinski definition) is 6. The molecule has 0 unspecified atom stereocenters. The molecule has 0 aromatic carbocycles. The molecule has 7 nitrogen and oxygen atoms in total. The molecule has 0 aromatic heterocycles. The van der Waals surface area contributed by atoms with Crippen LogP contribution in [0.15, 0.2) is 11.6 Å². The van der Waals surface area contributed by atoms with Crippen molar-refractivity contribution in [1.29, 1.82) is 0 Å². The van der Waals surface area contributed by atoms with E-state index in [0.29, 0.717) is 25.7 Å². The van der Waals surface area contributed by atoms with E-state index in [1.54, 1.807) is 6.08 Å². The molecule has 4 N–H and O–H groups in total. The standard InChI is InChI=1S/C25H36O6.H2O/c1-4-5-21(30)31-25(20(29)14-26)11-9-18-17-7-6-15-12-16(27)8-10-23(15,2)22(17)19(28)13-24(18,25)3;/h12,17-19,22,26,28H,4-11,13-14H2,1-3H3;1H2/t17-,18-,19-,22+,23-,24-,25-;/m0./s1. The zero-order valence-electron chi connectivity index (χ0n) is 19.5. The molecule has 3 fully saturated rings. The summed E-state index contributed by atoms with van der Waals surface area (Å²) in [6, 6.07) is 0. The van der Waals surface area contributed by atoms with E-state index in [1.807, 2.05) is 13.8 Å². The summed E-state index contributed by atoms with van der Waals surface area (Å²) in [5.41, 5.74) is -1.12. The van der Waals surface area contributed by atoms with Gasteiger partial charge in [0, 0.05) is 18.3 Å². The first-order valence-corrected chi connectivity index (χ1v) is 11.9. The number of aliphatic hydroxyl groups is 2. The molecule has 0 amide bonds. The lowest BCUT2D eigenvalue weighted by atomic mass is 9.45. The van der Waals surface area contributed by atoms with Gasteiger partial charge in [-0.2, -0.15) is 0 Å². The number of hydrogen-bond donors (Lipinski definition) is 2. The Morgan fingerprint density at radius 2 is 1.91 bits per heavy atom. The maximum atomic E-state index is 13.1. The van der Waals surface area contributed by atoms with E-state index in [0.717, 1.165) is 31.3 Å². The number of Topliss-reactive ketones (excluding diaryl/α,β-unsaturated/α-hetero) is 1. The van der Waals surface area contributed by atoms with Gasteiger partial charge < -0.3 is 20.4 Å². The lowest BCUT2D eigenvalue weighted by molar-refractivity contribution is -0.202. The molecule has 4 aliphatic carbocycles. The van der Waals surface area contributed by atoms with Gasteiger partial charge in [0.2, 0.25) is 5.78 Å². The highest BCUT2D eigenvalue weighted by molar-refractivity contribution is 5.92. The predicted molar refractivity (Wildman–Crippen MR) is 118 cm³/mol. The highest BCUT2D eigenvalue weighted by atomic mass is 16.6. The molecule has 0 radical (unpaired) electrons. The van der Waals surface area contributed by atoms with Crippen molar-refractivity contribution in [3.05, 3.63) is 11.6 Å². The van der Waals surface area contributed by atoms with Crippen molar-refractivity contribution in [1.82, 2.24) is 0 Å². The Kier molecular flexibility index (Phi) is 6.78. The van der Waals surface area contributed by atoms with Crippen molar-refractivity contribution < 1.29 is 34.8 Å². The van der Waals surface area contributed by atoms with Crippen molar-refractivity contribution in [3.8, 4) is 0 Å². The van der Waals surface area contributed by atoms with Gasteiger partial charge in [-0.05, 0) is 74.2 Å². The first-order chi connectivity index (χ1) is 14.6. The maximum absolute atomic E-state index is 13.1. The van der Waals surface area contributed by atoms with Crippen LogP contribution < -0.4 is 0 Å². The fourth-order valence-electron chi connectivity index (χ4n) is 7.94. The van der Waals surface area contributed by atoms with Crippen molar-refractivity contribution in [2.24, 2.45) is 28.6 Å². The Morgan fingerprint density at radius 1 is 1.19 bits per heavy atom. The molecule has 180 valence electrons. The van der Waals surface area contributed by atoms with E-state index in [-0.39, 0.29) is 40.8 Å². The van der Waals surface area contributed by atoms with E-state index in [4.69, 9.17) is 4.74 Å². The summed E-state index contributed by atoms with van der Waals surface area (Å²) < 4.78 is 5.92. The summed E-state index contributed by atoms with van der Waals surface area (Å²) in [6.45, 7) is 5.39. The van der Waals surface area contributed by atoms with Crippen molar-refractivity contribution in [2.45, 2.75) is 90.3 Å². The van der Waals surface area contributed by atoms with Gasteiger partial charge in [-0.1, -0.05) is 26.3 Å². The zero-order valence-corrected chi connectivity index (χ0v) is 19.5. The highest BCUT2D eigenvalue weighted by Gasteiger charge is 2.70. The third kappa shape index (κ3) is 3.39. The largest absolute Gasteiger partial charge is 0.450 e. The molecule has 0 heterocycles. The smallest absolute Gasteiger partial charge is 0.306 e. The number of ether oxygens (including phenoxy) is 1. The quantitative estimate of drug-likeness (QED) is 0.618. The number of ketones is 2. The monoisotopic (exact) mass is 450 g/mol. The van der Waals surface area contributed by atoms with Crippen LogP contribution >= 0.6 is 0 Å². The molecule has 0 saturated heterocycles. The number of carbonyl (C=O) groups excluding carboxylic acids is 3. The lowest BCUT2D eigenvalue weighted by Gasteiger charge is -2.60. The van der Waals surface area contributed by atoms with Gasteiger partial charge in [0.25, 0.3) is 0 Å². The fraction of sp³-hybridized carbons (Fsp3) is 0.800. The molecule has 0 aliphatic heterocycles. The van der Waals surface area contributed by atoms with Crippen LogP contribution in [0, 0.1) is 28.6 Å². The van der Waals surface area contributed by atoms with Gasteiger partial charge >= 0.3 is 5.97 Å². The fourth-order valence-corrected chi connectivity index (χ4v) is 7.94. The number of allylic oxidation sites excluding steroid dienone is 1. The Balaban J connectivity index is 0.00000289. The third-order valence-electron chi connectivity index (χ3n) is 9.35. The molecular weight excluding hydrogens is 412 g/mol. The Hall–Kier alpha value is -1.57. The lowest BCUT2D eigenvalue weighted by Crippen LogP contribution is -2.63. The van der Waals surface area contributed by atoms with Crippen molar-refractivity contribution in [2.75, 3.05) is 6.61 Å². The zero-order chi connectivity index (χ0) is 22.6. The summed E-state index contributed by atoms with van der Waals surface area (Å²) >= 11 is 0. The van der Waals surface area contributed by atoms with Crippen LogP contribution in [0.3, 0.4) is 0 Å². The summed E-state index contributed by atoms with van der Waals surface area (Å²) in [7, 11) is 0. The minimum Gasteiger partial charge on any atom is -0.450 e. The third-order valence-corrected chi connectivity index (χ3v) is 9.35. The summed E-state index contributed by atoms with van der Waals surface area (Å²) in [5.74, 6) is -0.320. The van der Waals surface area contributed by atoms with E-state index in [2.05, 4.69) is 6.92 Å².